The number of likely N-dealkylation sites (tertiary alicyclic amines) is 1. The average molecular weight is 576 g/mol. The summed E-state index contributed by atoms with van der Waals surface area (Å²) in [6.07, 6.45) is 1.13. The minimum absolute atomic E-state index is 0.0106. The average Bonchev–Trinajstić information content (AvgIpc) is 3.35. The van der Waals surface area contributed by atoms with E-state index in [2.05, 4.69) is 4.99 Å². The summed E-state index contributed by atoms with van der Waals surface area (Å²) in [6, 6.07) is 12.6. The molecule has 2 aromatic carbocycles. The molecule has 10 heteroatoms. The van der Waals surface area contributed by atoms with E-state index >= 15 is 0 Å². The van der Waals surface area contributed by atoms with Gasteiger partial charge in [-0.25, -0.2) is 19.4 Å². The number of nitrogens with zero attached hydrogens (tertiary/aromatic N) is 3. The third-order valence-corrected chi connectivity index (χ3v) is 6.50. The highest BCUT2D eigenvalue weighted by atomic mass is 16.6. The Bertz CT molecular complexity index is 1430. The summed E-state index contributed by atoms with van der Waals surface area (Å²) in [7, 11) is 0. The minimum Gasteiger partial charge on any atom is -0.478 e. The molecule has 0 unspecified atom stereocenters. The van der Waals surface area contributed by atoms with E-state index in [9.17, 15) is 24.3 Å². The van der Waals surface area contributed by atoms with E-state index in [1.165, 1.54) is 6.08 Å². The van der Waals surface area contributed by atoms with Crippen molar-refractivity contribution in [3.63, 3.8) is 0 Å². The van der Waals surface area contributed by atoms with Crippen molar-refractivity contribution in [3.05, 3.63) is 59.2 Å². The molecule has 0 aromatic heterocycles. The monoisotopic (exact) mass is 575 g/mol. The Kier molecular flexibility index (Phi) is 8.56. The van der Waals surface area contributed by atoms with Crippen LogP contribution in [0, 0.1) is 0 Å². The highest BCUT2D eigenvalue weighted by molar-refractivity contribution is 6.13. The molecule has 1 fully saturated rings. The number of benzene rings is 2. The zero-order valence-electron chi connectivity index (χ0n) is 24.9. The molecule has 0 radical (unpaired) electrons. The van der Waals surface area contributed by atoms with Crippen LogP contribution < -0.4 is 0 Å². The van der Waals surface area contributed by atoms with E-state index in [1.807, 2.05) is 23.1 Å². The maximum absolute atomic E-state index is 13.2. The molecule has 0 spiro atoms. The first-order chi connectivity index (χ1) is 19.6. The lowest BCUT2D eigenvalue weighted by atomic mass is 9.99. The van der Waals surface area contributed by atoms with Gasteiger partial charge in [-0.1, -0.05) is 18.2 Å². The number of rotatable bonds is 3. The van der Waals surface area contributed by atoms with Crippen LogP contribution in [0.25, 0.3) is 17.2 Å². The predicted octanol–water partition coefficient (Wildman–Crippen LogP) is 6.66. The van der Waals surface area contributed by atoms with E-state index in [4.69, 9.17) is 9.47 Å². The van der Waals surface area contributed by atoms with Crippen molar-refractivity contribution in [2.45, 2.75) is 72.0 Å². The summed E-state index contributed by atoms with van der Waals surface area (Å²) in [5.74, 6) is -1.35. The fourth-order valence-electron chi connectivity index (χ4n) is 4.61. The molecular weight excluding hydrogens is 538 g/mol. The van der Waals surface area contributed by atoms with Crippen molar-refractivity contribution in [1.29, 1.82) is 0 Å². The van der Waals surface area contributed by atoms with E-state index in [-0.39, 0.29) is 23.7 Å². The molecule has 42 heavy (non-hydrogen) atoms. The number of carboxylic acid groups (broad SMARTS) is 1. The van der Waals surface area contributed by atoms with Crippen LogP contribution in [0.4, 0.5) is 15.3 Å². The standard InChI is InChI=1S/C32H37N3O7/c1-31(2,3)41-29(39)35(30(40)42-32(4,5)6)26-19-24(28(37)38)18-23-17-22(13-14-25(23)33-26)20-9-11-21(12-10-20)27(36)34-15-7-8-16-34/h9-14,17-18H,7-8,15-16,19H2,1-6H3,(H,37,38). The Hall–Kier alpha value is -4.47. The lowest BCUT2D eigenvalue weighted by Crippen LogP contribution is -2.47. The summed E-state index contributed by atoms with van der Waals surface area (Å²) in [6.45, 7) is 11.5. The first-order valence-electron chi connectivity index (χ1n) is 13.9. The number of fused-ring (bicyclic) bond motifs is 1. The van der Waals surface area contributed by atoms with Crippen molar-refractivity contribution in [2.75, 3.05) is 13.1 Å². The van der Waals surface area contributed by atoms with E-state index in [1.54, 1.807) is 65.8 Å². The van der Waals surface area contributed by atoms with Crippen LogP contribution in [0.3, 0.4) is 0 Å². The number of carbonyl (C=O) groups is 4. The van der Waals surface area contributed by atoms with Crippen LogP contribution in [0.5, 0.6) is 0 Å². The van der Waals surface area contributed by atoms with E-state index < -0.39 is 29.4 Å². The summed E-state index contributed by atoms with van der Waals surface area (Å²) in [5.41, 5.74) is 1.14. The normalized spacial score (nSPS) is 15.1. The molecule has 1 N–H and O–H groups in total. The van der Waals surface area contributed by atoms with E-state index in [0.717, 1.165) is 37.1 Å². The van der Waals surface area contributed by atoms with Gasteiger partial charge in [0, 0.05) is 36.2 Å². The van der Waals surface area contributed by atoms with Crippen LogP contribution >= 0.6 is 0 Å². The van der Waals surface area contributed by atoms with Crippen LogP contribution in [-0.2, 0) is 14.3 Å². The van der Waals surface area contributed by atoms with Gasteiger partial charge in [-0.3, -0.25) is 4.79 Å². The Morgan fingerprint density at radius 2 is 1.38 bits per heavy atom. The molecular formula is C32H37N3O7. The molecule has 10 nitrogen and oxygen atoms in total. The fraction of sp³-hybridized carbons (Fsp3) is 0.406. The smallest absolute Gasteiger partial charge is 0.425 e. The summed E-state index contributed by atoms with van der Waals surface area (Å²) in [4.78, 5) is 58.5. The van der Waals surface area contributed by atoms with Gasteiger partial charge in [-0.15, -0.1) is 0 Å². The number of hydrogen-bond acceptors (Lipinski definition) is 7. The third kappa shape index (κ3) is 7.43. The van der Waals surface area contributed by atoms with Gasteiger partial charge in [0.25, 0.3) is 5.91 Å². The zero-order valence-corrected chi connectivity index (χ0v) is 24.9. The second kappa shape index (κ2) is 11.8. The number of aliphatic carboxylic acids is 1. The van der Waals surface area contributed by atoms with Crippen LogP contribution in [0.1, 0.15) is 76.7 Å². The van der Waals surface area contributed by atoms with Gasteiger partial charge in [0.1, 0.15) is 17.0 Å². The molecule has 3 amide bonds. The molecule has 2 aromatic rings. The topological polar surface area (TPSA) is 126 Å². The molecule has 0 aliphatic carbocycles. The Morgan fingerprint density at radius 1 is 0.833 bits per heavy atom. The second-order valence-corrected chi connectivity index (χ2v) is 12.3. The molecule has 1 saturated heterocycles. The predicted molar refractivity (Wildman–Crippen MR) is 159 cm³/mol. The number of hydrogen-bond donors (Lipinski definition) is 1. The van der Waals surface area contributed by atoms with Gasteiger partial charge in [-0.2, -0.15) is 4.90 Å². The summed E-state index contributed by atoms with van der Waals surface area (Å²) in [5, 5.41) is 9.99. The lowest BCUT2D eigenvalue weighted by Gasteiger charge is -2.29. The molecule has 0 bridgehead atoms. The molecule has 2 aliphatic heterocycles. The maximum Gasteiger partial charge on any atom is 0.425 e. The lowest BCUT2D eigenvalue weighted by molar-refractivity contribution is -0.132. The number of carbonyl (C=O) groups excluding carboxylic acids is 3. The van der Waals surface area contributed by atoms with Gasteiger partial charge in [0.05, 0.1) is 5.69 Å². The van der Waals surface area contributed by atoms with Gasteiger partial charge in [0.2, 0.25) is 0 Å². The van der Waals surface area contributed by atoms with Gasteiger partial charge < -0.3 is 19.5 Å². The van der Waals surface area contributed by atoms with Crippen molar-refractivity contribution in [1.82, 2.24) is 9.80 Å². The van der Waals surface area contributed by atoms with Gasteiger partial charge in [-0.05, 0) is 95.9 Å². The number of aliphatic imine (C=N–C) groups is 1. The summed E-state index contributed by atoms with van der Waals surface area (Å²) >= 11 is 0. The van der Waals surface area contributed by atoms with Crippen LogP contribution in [0.2, 0.25) is 0 Å². The van der Waals surface area contributed by atoms with Gasteiger partial charge in [0.15, 0.2) is 0 Å². The van der Waals surface area contributed by atoms with Crippen LogP contribution in [0.15, 0.2) is 53.0 Å². The molecule has 2 aliphatic rings. The van der Waals surface area contributed by atoms with Crippen LogP contribution in [-0.4, -0.2) is 69.1 Å². The molecule has 0 atom stereocenters. The van der Waals surface area contributed by atoms with Crippen molar-refractivity contribution >= 4 is 41.7 Å². The Balaban J connectivity index is 1.72. The number of imide groups is 1. The highest BCUT2D eigenvalue weighted by Gasteiger charge is 2.36. The molecule has 0 saturated carbocycles. The number of ether oxygens (including phenoxy) is 2. The van der Waals surface area contributed by atoms with Crippen molar-refractivity contribution < 1.29 is 33.8 Å². The SMILES string of the molecule is CC(C)(C)OC(=O)N(C(=O)OC(C)(C)C)C1=Nc2ccc(-c3ccc(C(=O)N4CCCC4)cc3)cc2C=C(C(=O)O)C1. The number of amides is 3. The number of carboxylic acids is 1. The molecule has 4 rings (SSSR count). The fourth-order valence-corrected chi connectivity index (χ4v) is 4.61. The minimum atomic E-state index is -1.22. The second-order valence-electron chi connectivity index (χ2n) is 12.3. The maximum atomic E-state index is 13.2. The Labute approximate surface area is 245 Å². The van der Waals surface area contributed by atoms with Crippen molar-refractivity contribution in [2.24, 2.45) is 4.99 Å². The van der Waals surface area contributed by atoms with Gasteiger partial charge >= 0.3 is 18.2 Å². The largest absolute Gasteiger partial charge is 0.478 e. The first-order valence-corrected chi connectivity index (χ1v) is 13.9. The first kappa shape index (κ1) is 30.5. The molecule has 222 valence electrons. The highest BCUT2D eigenvalue weighted by Crippen LogP contribution is 2.33. The summed E-state index contributed by atoms with van der Waals surface area (Å²) < 4.78 is 10.9. The quantitative estimate of drug-likeness (QED) is 0.433. The number of amidine groups is 1. The Morgan fingerprint density at radius 3 is 1.90 bits per heavy atom. The third-order valence-electron chi connectivity index (χ3n) is 6.50. The van der Waals surface area contributed by atoms with E-state index in [0.29, 0.717) is 21.7 Å². The molecule has 2 heterocycles. The van der Waals surface area contributed by atoms with Crippen molar-refractivity contribution in [3.8, 4) is 11.1 Å². The zero-order chi connectivity index (χ0) is 30.8.